The summed E-state index contributed by atoms with van der Waals surface area (Å²) >= 11 is 0. The van der Waals surface area contributed by atoms with Crippen molar-refractivity contribution in [3.8, 4) is 5.88 Å². The summed E-state index contributed by atoms with van der Waals surface area (Å²) in [4.78, 5) is 216. The van der Waals surface area contributed by atoms with Gasteiger partial charge in [-0.15, -0.1) is 0 Å². The van der Waals surface area contributed by atoms with Crippen LogP contribution in [0.4, 0.5) is 11.4 Å². The molecule has 0 aliphatic carbocycles. The Labute approximate surface area is 738 Å². The molecule has 2 aromatic heterocycles. The normalized spacial score (nSPS) is 16.0. The van der Waals surface area contributed by atoms with Gasteiger partial charge in [0.25, 0.3) is 20.2 Å². The van der Waals surface area contributed by atoms with Crippen LogP contribution in [0, 0.1) is 0 Å². The van der Waals surface area contributed by atoms with E-state index in [-0.39, 0.29) is 85.8 Å². The van der Waals surface area contributed by atoms with Gasteiger partial charge in [-0.2, -0.15) is 21.4 Å². The van der Waals surface area contributed by atoms with Gasteiger partial charge in [0.05, 0.1) is 71.4 Å². The van der Waals surface area contributed by atoms with Gasteiger partial charge < -0.3 is 93.0 Å². The van der Waals surface area contributed by atoms with Crippen molar-refractivity contribution >= 4 is 154 Å². The fraction of sp³-hybridized carbons (Fsp3) is 0.440. The number of carboxylic acid groups (broad SMARTS) is 8. The van der Waals surface area contributed by atoms with Gasteiger partial charge in [0.2, 0.25) is 58.8 Å². The second-order valence-corrected chi connectivity index (χ2v) is 34.0. The van der Waals surface area contributed by atoms with Gasteiger partial charge in [0.15, 0.2) is 5.71 Å². The Morgan fingerprint density at radius 2 is 0.969 bits per heavy atom. The molecule has 0 saturated heterocycles. The number of rotatable bonds is 53. The number of aromatic carboxylic acids is 1. The number of likely N-dealkylation sites (N-methyl/N-ethyl adjacent to an activating group) is 1. The van der Waals surface area contributed by atoms with Crippen LogP contribution < -0.4 is 52.2 Å². The van der Waals surface area contributed by atoms with E-state index in [4.69, 9.17) is 4.74 Å². The largest absolute Gasteiger partial charge is 0.481 e. The number of carbonyl (C=O) groups excluding carboxylic acids is 8. The maximum Gasteiger partial charge on any atom is 0.335 e. The number of nitrogens with zero attached hydrogens (tertiary/aromatic N) is 4. The highest BCUT2D eigenvalue weighted by molar-refractivity contribution is 7.86. The molecule has 129 heavy (non-hydrogen) atoms. The first-order chi connectivity index (χ1) is 60.7. The number of carboxylic acids is 8. The Kier molecular flexibility index (Phi) is 36.6. The summed E-state index contributed by atoms with van der Waals surface area (Å²) in [5, 5.41) is 96.6. The van der Waals surface area contributed by atoms with Crippen molar-refractivity contribution in [1.29, 1.82) is 0 Å². The first kappa shape index (κ1) is 102. The lowest BCUT2D eigenvalue weighted by Crippen LogP contribution is -2.61. The zero-order valence-corrected chi connectivity index (χ0v) is 72.4. The molecule has 45 heteroatoms. The first-order valence-corrected chi connectivity index (χ1v) is 43.7. The molecule has 5 aromatic rings. The number of fused-ring (bicyclic) bond motifs is 5. The van der Waals surface area contributed by atoms with Crippen molar-refractivity contribution in [2.45, 2.75) is 220 Å². The fourth-order valence-electron chi connectivity index (χ4n) is 15.0. The molecule has 1 unspecified atom stereocenters. The number of amides is 8. The number of unbranched alkanes of at least 4 members (excludes halogenated alkanes) is 6. The average molecular weight is 1840 g/mol. The molecule has 43 nitrogen and oxygen atoms in total. The molecule has 18 N–H and O–H groups in total. The molecule has 0 bridgehead atoms. The molecule has 3 aromatic carbocycles. The molecule has 8 amide bonds. The van der Waals surface area contributed by atoms with Gasteiger partial charge >= 0.3 is 47.8 Å². The number of hydrogen-bond acceptors (Lipinski definition) is 24. The van der Waals surface area contributed by atoms with E-state index in [1.165, 1.54) is 36.4 Å². The third-order valence-electron chi connectivity index (χ3n) is 21.4. The molecule has 2 aliphatic heterocycles. The van der Waals surface area contributed by atoms with Crippen molar-refractivity contribution < 1.29 is 153 Å². The average Bonchev–Trinajstić information content (AvgIpc) is 2.02. The van der Waals surface area contributed by atoms with Crippen LogP contribution in [0.1, 0.15) is 178 Å². The van der Waals surface area contributed by atoms with E-state index in [9.17, 15) is 144 Å². The molecule has 2 aliphatic rings. The molecule has 4 heterocycles. The van der Waals surface area contributed by atoms with Gasteiger partial charge in [-0.3, -0.25) is 81.2 Å². The minimum atomic E-state index is -4.68. The number of aromatic nitrogens is 2. The molecular weight excluding hydrogens is 1740 g/mol. The lowest BCUT2D eigenvalue weighted by Gasteiger charge is -2.30. The first-order valence-electron chi connectivity index (χ1n) is 40.9. The maximum absolute atomic E-state index is 13.9. The Hall–Kier alpha value is -13.7. The Bertz CT molecular complexity index is 5540. The third-order valence-corrected chi connectivity index (χ3v) is 23.1. The van der Waals surface area contributed by atoms with E-state index in [2.05, 4.69) is 25.9 Å². The van der Waals surface area contributed by atoms with Crippen LogP contribution in [-0.2, 0) is 103 Å². The zero-order chi connectivity index (χ0) is 95.6. The molecule has 696 valence electrons. The predicted molar refractivity (Wildman–Crippen MR) is 455 cm³/mol. The van der Waals surface area contributed by atoms with Crippen molar-refractivity contribution in [2.75, 3.05) is 31.1 Å². The summed E-state index contributed by atoms with van der Waals surface area (Å²) in [7, 11) is -9.17. The Morgan fingerprint density at radius 3 is 1.45 bits per heavy atom. The maximum atomic E-state index is 13.9. The predicted octanol–water partition coefficient (Wildman–Crippen LogP) is 3.76. The van der Waals surface area contributed by atoms with Crippen LogP contribution in [0.25, 0.3) is 21.7 Å². The minimum absolute atomic E-state index is 0.0341. The number of aliphatic carboxylic acids is 7. The van der Waals surface area contributed by atoms with Gasteiger partial charge in [0.1, 0.15) is 48.8 Å². The summed E-state index contributed by atoms with van der Waals surface area (Å²) in [5.74, 6) is -24.5. The van der Waals surface area contributed by atoms with Crippen molar-refractivity contribution in [1.82, 2.24) is 52.5 Å². The quantitative estimate of drug-likeness (QED) is 0.00866. The number of nitrogens with one attached hydrogen (secondary N) is 8. The van der Waals surface area contributed by atoms with Gasteiger partial charge in [-0.05, 0) is 140 Å². The van der Waals surface area contributed by atoms with E-state index in [0.29, 0.717) is 89.4 Å². The lowest BCUT2D eigenvalue weighted by atomic mass is 9.77. The van der Waals surface area contributed by atoms with Crippen molar-refractivity contribution in [3.63, 3.8) is 0 Å². The molecule has 7 rings (SSSR count). The van der Waals surface area contributed by atoms with Crippen LogP contribution in [0.2, 0.25) is 0 Å². The van der Waals surface area contributed by atoms with Gasteiger partial charge in [-0.1, -0.05) is 50.0 Å². The highest BCUT2D eigenvalue weighted by Crippen LogP contribution is 2.51. The summed E-state index contributed by atoms with van der Waals surface area (Å²) < 4.78 is 77.0. The Morgan fingerprint density at radius 1 is 0.496 bits per heavy atom. The number of carbonyl (C=O) groups is 16. The smallest absolute Gasteiger partial charge is 0.335 e. The van der Waals surface area contributed by atoms with Gasteiger partial charge in [0, 0.05) is 89.0 Å². The van der Waals surface area contributed by atoms with Crippen LogP contribution in [0.3, 0.4) is 0 Å². The monoisotopic (exact) mass is 1840 g/mol. The van der Waals surface area contributed by atoms with E-state index in [1.54, 1.807) is 54.9 Å². The number of ether oxygens (including phenoxy) is 1. The summed E-state index contributed by atoms with van der Waals surface area (Å²) in [6.07, 6.45) is 7.13. The summed E-state index contributed by atoms with van der Waals surface area (Å²) in [5.41, 5.74) is 2.98. The molecule has 0 saturated carbocycles. The van der Waals surface area contributed by atoms with E-state index < -0.39 is 207 Å². The molecule has 0 fully saturated rings. The lowest BCUT2D eigenvalue weighted by molar-refractivity contribution is -0.433. The van der Waals surface area contributed by atoms with Crippen molar-refractivity contribution in [3.05, 3.63) is 126 Å². The summed E-state index contributed by atoms with van der Waals surface area (Å²) in [6, 6.07) is -0.758. The van der Waals surface area contributed by atoms with Gasteiger partial charge in [-0.25, -0.2) is 14.6 Å². The van der Waals surface area contributed by atoms with E-state index in [0.717, 1.165) is 11.4 Å². The fourth-order valence-corrected chi connectivity index (χ4v) is 16.0. The number of anilines is 1. The standard InChI is InChI=1S/C84H102N12O31S2/c1-6-95-62-29-26-47(128(121,122)123)37-52(62)83(3,4)64(95)21-13-12-14-22-65-84(5,53-38-48(129(124,125)126)27-30-63(53)96(65)7-2)32-19-24-66(97)86-33-17-16-20-54(82(119)120)88-75(112)57(40-69(101)102)90-77(114)59(42-71(105)106)92-79(116)61(44-73(109)110)93-78(115)60(43-72(107)108)91-76(113)58(41-70(103)104)89-74(111)56(39-68(99)100)87-67(98)23-15-10-8-9-11-18-35-127-80-50-31-34-85-45-51(50)49-28-25-46(81(117)118)36-55(49)94-80/h12-14,21-22,25-31,34,36-38,45,54,56-61H,6-11,15-20,23-24,32-33,35,39-44H2,1-5H3,(H17-,86,87,88,89,90,91,92,93,97,98,99,100,101,102,103,104,105,106,107,108,109,110,111,112,113,114,115,116,117,118,119,120,121,122,123,124,125,126)/p+1/t54-,56-,57-,58-,59-,60-,61-,84?/m0/s1. The van der Waals surface area contributed by atoms with Crippen LogP contribution >= 0.6 is 0 Å². The molecule has 0 radical (unpaired) electrons. The minimum Gasteiger partial charge on any atom is -0.481 e. The van der Waals surface area contributed by atoms with E-state index in [1.807, 2.05) is 82.8 Å². The number of benzene rings is 3. The SMILES string of the molecule is CCN1/C(=C/C=C/C=C/C2=[N+](CC)c3ccc(S(=O)(=O)O)cc3C2(C)C)C(C)(CCCC(=O)NCCCC[C@H](NC(=O)[C@H](CC(=O)O)NC(=O)[C@H](CC(=O)O)NC(=O)[C@H](CC(=O)O)NC(=O)[C@H](CC(=O)O)NC(=O)[C@H](CC(=O)O)NC(=O)[C@H](CC(=O)O)NC(=O)CCCCCCCCOc2nc3cc(C(=O)O)ccc3c3cnccc23)C(=O)O)c2cc(S(=O)(=O)O)ccc21. The molecular formula is C84H103N12O31S2+. The van der Waals surface area contributed by atoms with Crippen molar-refractivity contribution in [2.24, 2.45) is 0 Å². The Balaban J connectivity index is 0.905. The van der Waals surface area contributed by atoms with Crippen LogP contribution in [-0.4, -0.2) is 251 Å². The third kappa shape index (κ3) is 28.9. The second-order valence-electron chi connectivity index (χ2n) is 31.1. The second kappa shape index (κ2) is 46.2. The number of allylic oxidation sites excluding steroid dienone is 6. The zero-order valence-electron chi connectivity index (χ0n) is 70.8. The highest BCUT2D eigenvalue weighted by Gasteiger charge is 2.46. The topological polar surface area (TPSA) is 681 Å². The number of hydrogen-bond donors (Lipinski definition) is 18. The molecule has 0 spiro atoms. The number of pyridine rings is 2. The summed E-state index contributed by atoms with van der Waals surface area (Å²) in [6.45, 7) is 10.7. The van der Waals surface area contributed by atoms with Crippen LogP contribution in [0.5, 0.6) is 5.88 Å². The molecule has 8 atom stereocenters. The van der Waals surface area contributed by atoms with E-state index >= 15 is 0 Å². The van der Waals surface area contributed by atoms with Crippen LogP contribution in [0.15, 0.2) is 119 Å². The highest BCUT2D eigenvalue weighted by atomic mass is 32.2.